The third-order valence-corrected chi connectivity index (χ3v) is 3.34. The molecule has 8 heteroatoms. The van der Waals surface area contributed by atoms with E-state index in [4.69, 9.17) is 9.84 Å². The molecule has 0 heterocycles. The number of aliphatic hydroxyl groups excluding tert-OH is 1. The number of carboxylic acid groups (broad SMARTS) is 1. The number of hydrogen-bond donors (Lipinski definition) is 4. The van der Waals surface area contributed by atoms with Gasteiger partial charge >= 0.3 is 12.1 Å². The van der Waals surface area contributed by atoms with Crippen LogP contribution in [0.2, 0.25) is 0 Å². The van der Waals surface area contributed by atoms with Crippen LogP contribution in [0.1, 0.15) is 33.3 Å². The number of alkyl carbamates (subject to hydrolysis) is 1. The van der Waals surface area contributed by atoms with E-state index < -0.39 is 41.8 Å². The first kappa shape index (κ1) is 21.4. The van der Waals surface area contributed by atoms with Crippen molar-refractivity contribution in [2.24, 2.45) is 0 Å². The quantitative estimate of drug-likeness (QED) is 0.572. The first-order valence-corrected chi connectivity index (χ1v) is 8.24. The molecule has 0 bridgehead atoms. The highest BCUT2D eigenvalue weighted by Gasteiger charge is 2.30. The third kappa shape index (κ3) is 7.52. The molecular formula is C18H26N2O6. The molecular weight excluding hydrogens is 340 g/mol. The minimum atomic E-state index is -1.48. The van der Waals surface area contributed by atoms with Crippen LogP contribution in [-0.4, -0.2) is 52.0 Å². The van der Waals surface area contributed by atoms with Gasteiger partial charge in [-0.05, 0) is 33.3 Å². The monoisotopic (exact) mass is 366 g/mol. The van der Waals surface area contributed by atoms with E-state index in [1.807, 2.05) is 6.07 Å². The Hall–Kier alpha value is -2.61. The zero-order valence-electron chi connectivity index (χ0n) is 15.4. The Balaban J connectivity index is 2.93. The number of carboxylic acids is 1. The van der Waals surface area contributed by atoms with Crippen molar-refractivity contribution in [3.8, 4) is 0 Å². The maximum Gasteiger partial charge on any atom is 0.408 e. The molecule has 0 aliphatic rings. The standard InChI is InChI=1S/C18H26N2O6/c1-11(21)14(16(23)24)20-15(22)13(10-12-8-6-5-7-9-12)19-17(25)26-18(2,3)4/h5-9,11,13-14,21H,10H2,1-4H3,(H,19,25)(H,20,22)(H,23,24)/t11-,13-,14+/m1/s1. The number of ether oxygens (including phenoxy) is 1. The van der Waals surface area contributed by atoms with E-state index in [0.29, 0.717) is 0 Å². The summed E-state index contributed by atoms with van der Waals surface area (Å²) in [5.74, 6) is -2.10. The van der Waals surface area contributed by atoms with Crippen molar-refractivity contribution in [1.82, 2.24) is 10.6 Å². The van der Waals surface area contributed by atoms with Gasteiger partial charge in [-0.25, -0.2) is 9.59 Å². The molecule has 8 nitrogen and oxygen atoms in total. The van der Waals surface area contributed by atoms with Crippen molar-refractivity contribution in [3.05, 3.63) is 35.9 Å². The summed E-state index contributed by atoms with van der Waals surface area (Å²) in [4.78, 5) is 35.7. The number of hydrogen-bond acceptors (Lipinski definition) is 5. The smallest absolute Gasteiger partial charge is 0.408 e. The molecule has 0 spiro atoms. The van der Waals surface area contributed by atoms with Crippen LogP contribution >= 0.6 is 0 Å². The number of aliphatic carboxylic acids is 1. The van der Waals surface area contributed by atoms with Gasteiger partial charge in [0.25, 0.3) is 0 Å². The molecule has 144 valence electrons. The van der Waals surface area contributed by atoms with Crippen molar-refractivity contribution in [1.29, 1.82) is 0 Å². The van der Waals surface area contributed by atoms with Gasteiger partial charge < -0.3 is 25.6 Å². The van der Waals surface area contributed by atoms with E-state index >= 15 is 0 Å². The van der Waals surface area contributed by atoms with E-state index in [-0.39, 0.29) is 6.42 Å². The Morgan fingerprint density at radius 1 is 1.12 bits per heavy atom. The second-order valence-electron chi connectivity index (χ2n) is 6.95. The molecule has 1 aromatic rings. The largest absolute Gasteiger partial charge is 0.480 e. The summed E-state index contributed by atoms with van der Waals surface area (Å²) in [6, 6.07) is 6.39. The Morgan fingerprint density at radius 3 is 2.15 bits per heavy atom. The van der Waals surface area contributed by atoms with Crippen molar-refractivity contribution in [2.75, 3.05) is 0 Å². The van der Waals surface area contributed by atoms with Crippen LogP contribution in [0.5, 0.6) is 0 Å². The van der Waals surface area contributed by atoms with Gasteiger partial charge in [0.05, 0.1) is 6.10 Å². The lowest BCUT2D eigenvalue weighted by Crippen LogP contribution is -2.55. The fourth-order valence-electron chi connectivity index (χ4n) is 2.15. The van der Waals surface area contributed by atoms with E-state index in [2.05, 4.69) is 10.6 Å². The van der Waals surface area contributed by atoms with E-state index in [1.165, 1.54) is 6.92 Å². The maximum atomic E-state index is 12.5. The Kier molecular flexibility index (Phi) is 7.57. The molecule has 1 aromatic carbocycles. The molecule has 4 N–H and O–H groups in total. The number of rotatable bonds is 7. The summed E-state index contributed by atoms with van der Waals surface area (Å²) < 4.78 is 5.16. The summed E-state index contributed by atoms with van der Waals surface area (Å²) in [5.41, 5.74) is 0.0220. The molecule has 0 unspecified atom stereocenters. The topological polar surface area (TPSA) is 125 Å². The maximum absolute atomic E-state index is 12.5. The summed E-state index contributed by atoms with van der Waals surface area (Å²) in [6.45, 7) is 6.32. The van der Waals surface area contributed by atoms with Crippen LogP contribution in [-0.2, 0) is 20.7 Å². The van der Waals surface area contributed by atoms with Crippen LogP contribution in [0.3, 0.4) is 0 Å². The van der Waals surface area contributed by atoms with Crippen LogP contribution in [0, 0.1) is 0 Å². The highest BCUT2D eigenvalue weighted by atomic mass is 16.6. The fraction of sp³-hybridized carbons (Fsp3) is 0.500. The van der Waals surface area contributed by atoms with E-state index in [0.717, 1.165) is 5.56 Å². The number of nitrogens with one attached hydrogen (secondary N) is 2. The fourth-order valence-corrected chi connectivity index (χ4v) is 2.15. The normalized spacial score (nSPS) is 14.7. The van der Waals surface area contributed by atoms with Gasteiger partial charge in [0.15, 0.2) is 6.04 Å². The molecule has 0 saturated carbocycles. The van der Waals surface area contributed by atoms with Crippen molar-refractivity contribution in [3.63, 3.8) is 0 Å². The second kappa shape index (κ2) is 9.19. The van der Waals surface area contributed by atoms with Crippen LogP contribution < -0.4 is 10.6 Å². The van der Waals surface area contributed by atoms with Gasteiger partial charge in [-0.2, -0.15) is 0 Å². The third-order valence-electron chi connectivity index (χ3n) is 3.34. The average Bonchev–Trinajstić information content (AvgIpc) is 2.50. The van der Waals surface area contributed by atoms with Gasteiger partial charge in [-0.3, -0.25) is 4.79 Å². The summed E-state index contributed by atoms with van der Waals surface area (Å²) >= 11 is 0. The highest BCUT2D eigenvalue weighted by molar-refractivity contribution is 5.89. The minimum absolute atomic E-state index is 0.137. The van der Waals surface area contributed by atoms with Crippen molar-refractivity contribution in [2.45, 2.75) is 57.9 Å². The highest BCUT2D eigenvalue weighted by Crippen LogP contribution is 2.09. The Bertz CT molecular complexity index is 624. The predicted molar refractivity (Wildman–Crippen MR) is 94.6 cm³/mol. The molecule has 1 rings (SSSR count). The molecule has 0 fully saturated rings. The number of carbonyl (C=O) groups is 3. The lowest BCUT2D eigenvalue weighted by molar-refractivity contribution is -0.145. The van der Waals surface area contributed by atoms with Crippen LogP contribution in [0.4, 0.5) is 4.79 Å². The minimum Gasteiger partial charge on any atom is -0.480 e. The Labute approximate surface area is 152 Å². The first-order chi connectivity index (χ1) is 12.0. The van der Waals surface area contributed by atoms with Gasteiger partial charge in [0.2, 0.25) is 5.91 Å². The van der Waals surface area contributed by atoms with Crippen LogP contribution in [0.15, 0.2) is 30.3 Å². The Morgan fingerprint density at radius 2 is 1.69 bits per heavy atom. The second-order valence-corrected chi connectivity index (χ2v) is 6.95. The predicted octanol–water partition coefficient (Wildman–Crippen LogP) is 1.07. The summed E-state index contributed by atoms with van der Waals surface area (Å²) in [7, 11) is 0. The molecule has 0 saturated heterocycles. The van der Waals surface area contributed by atoms with E-state index in [9.17, 15) is 19.5 Å². The van der Waals surface area contributed by atoms with Gasteiger partial charge in [0.1, 0.15) is 11.6 Å². The SMILES string of the molecule is C[C@@H](O)[C@H](NC(=O)[C@@H](Cc1ccccc1)NC(=O)OC(C)(C)C)C(=O)O. The first-order valence-electron chi connectivity index (χ1n) is 8.24. The summed E-state index contributed by atoms with van der Waals surface area (Å²) in [5, 5.41) is 23.3. The number of amides is 2. The van der Waals surface area contributed by atoms with Gasteiger partial charge in [-0.15, -0.1) is 0 Å². The molecule has 0 aliphatic carbocycles. The molecule has 3 atom stereocenters. The number of carbonyl (C=O) groups excluding carboxylic acids is 2. The zero-order chi connectivity index (χ0) is 19.9. The molecule has 0 radical (unpaired) electrons. The zero-order valence-corrected chi connectivity index (χ0v) is 15.4. The lowest BCUT2D eigenvalue weighted by atomic mass is 10.0. The lowest BCUT2D eigenvalue weighted by Gasteiger charge is -2.25. The van der Waals surface area contributed by atoms with Gasteiger partial charge in [0, 0.05) is 6.42 Å². The molecule has 26 heavy (non-hydrogen) atoms. The average molecular weight is 366 g/mol. The molecule has 2 amide bonds. The van der Waals surface area contributed by atoms with E-state index in [1.54, 1.807) is 45.0 Å². The number of aliphatic hydroxyl groups is 1. The van der Waals surface area contributed by atoms with Crippen molar-refractivity contribution >= 4 is 18.0 Å². The number of benzene rings is 1. The molecule has 0 aliphatic heterocycles. The molecule has 0 aromatic heterocycles. The van der Waals surface area contributed by atoms with Crippen molar-refractivity contribution < 1.29 is 29.3 Å². The summed E-state index contributed by atoms with van der Waals surface area (Å²) in [6.07, 6.45) is -1.95. The van der Waals surface area contributed by atoms with Gasteiger partial charge in [-0.1, -0.05) is 30.3 Å². The van der Waals surface area contributed by atoms with Crippen LogP contribution in [0.25, 0.3) is 0 Å².